The van der Waals surface area contributed by atoms with Crippen molar-refractivity contribution < 1.29 is 9.90 Å². The minimum absolute atomic E-state index is 0.00798. The highest BCUT2D eigenvalue weighted by Crippen LogP contribution is 2.36. The highest BCUT2D eigenvalue weighted by molar-refractivity contribution is 6.38. The predicted molar refractivity (Wildman–Crippen MR) is 81.0 cm³/mol. The maximum absolute atomic E-state index is 12.5. The zero-order valence-electron chi connectivity index (χ0n) is 11.3. The molecule has 0 bridgehead atoms. The third-order valence-electron chi connectivity index (χ3n) is 3.76. The number of carbonyl (C=O) groups is 1. The Morgan fingerprint density at radius 3 is 2.62 bits per heavy atom. The fourth-order valence-electron chi connectivity index (χ4n) is 2.73. The SMILES string of the molecule is Cc1ccc2nc(C3=C(O)c4ccccc4C3=O)[nH]c2c1. The van der Waals surface area contributed by atoms with Crippen LogP contribution in [0, 0.1) is 6.92 Å². The van der Waals surface area contributed by atoms with Gasteiger partial charge in [-0.25, -0.2) is 4.98 Å². The van der Waals surface area contributed by atoms with Gasteiger partial charge in [0.25, 0.3) is 0 Å². The average Bonchev–Trinajstić information content (AvgIpc) is 2.99. The molecule has 2 aromatic carbocycles. The van der Waals surface area contributed by atoms with Crippen molar-refractivity contribution in [3.05, 3.63) is 65.0 Å². The number of carbonyl (C=O) groups excluding carboxylic acids is 1. The Morgan fingerprint density at radius 1 is 1.10 bits per heavy atom. The van der Waals surface area contributed by atoms with Crippen LogP contribution < -0.4 is 0 Å². The molecule has 0 atom stereocenters. The van der Waals surface area contributed by atoms with E-state index in [4.69, 9.17) is 0 Å². The van der Waals surface area contributed by atoms with Gasteiger partial charge in [0.05, 0.1) is 11.0 Å². The number of ketones is 1. The number of hydrogen-bond acceptors (Lipinski definition) is 3. The van der Waals surface area contributed by atoms with Crippen molar-refractivity contribution in [2.45, 2.75) is 6.92 Å². The molecule has 102 valence electrons. The first-order valence-corrected chi connectivity index (χ1v) is 6.69. The summed E-state index contributed by atoms with van der Waals surface area (Å²) in [5.74, 6) is 0.208. The third kappa shape index (κ3) is 1.62. The molecule has 0 unspecified atom stereocenters. The first-order valence-electron chi connectivity index (χ1n) is 6.69. The van der Waals surface area contributed by atoms with Crippen molar-refractivity contribution in [1.82, 2.24) is 9.97 Å². The second-order valence-corrected chi connectivity index (χ2v) is 5.20. The Balaban J connectivity index is 1.93. The second-order valence-electron chi connectivity index (χ2n) is 5.20. The molecule has 0 saturated heterocycles. The van der Waals surface area contributed by atoms with Crippen LogP contribution in [0.3, 0.4) is 0 Å². The number of hydrogen-bond donors (Lipinski definition) is 2. The van der Waals surface area contributed by atoms with Crippen molar-refractivity contribution >= 4 is 28.1 Å². The molecule has 4 rings (SSSR count). The largest absolute Gasteiger partial charge is 0.506 e. The fourth-order valence-corrected chi connectivity index (χ4v) is 2.73. The molecule has 0 fully saturated rings. The molecule has 2 N–H and O–H groups in total. The number of aryl methyl sites for hydroxylation is 1. The van der Waals surface area contributed by atoms with Gasteiger partial charge in [0.1, 0.15) is 17.2 Å². The molecule has 1 aliphatic carbocycles. The zero-order chi connectivity index (χ0) is 14.6. The molecule has 0 spiro atoms. The van der Waals surface area contributed by atoms with Crippen molar-refractivity contribution in [1.29, 1.82) is 0 Å². The molecular weight excluding hydrogens is 264 g/mol. The van der Waals surface area contributed by atoms with Gasteiger partial charge in [0, 0.05) is 11.1 Å². The molecule has 1 aliphatic rings. The summed E-state index contributed by atoms with van der Waals surface area (Å²) in [5, 5.41) is 10.3. The summed E-state index contributed by atoms with van der Waals surface area (Å²) < 4.78 is 0. The molecule has 21 heavy (non-hydrogen) atoms. The van der Waals surface area contributed by atoms with E-state index in [1.54, 1.807) is 24.3 Å². The lowest BCUT2D eigenvalue weighted by Crippen LogP contribution is -1.99. The minimum Gasteiger partial charge on any atom is -0.506 e. The fraction of sp³-hybridized carbons (Fsp3) is 0.0588. The molecule has 4 nitrogen and oxygen atoms in total. The number of fused-ring (bicyclic) bond motifs is 2. The monoisotopic (exact) mass is 276 g/mol. The van der Waals surface area contributed by atoms with Crippen molar-refractivity contribution in [2.75, 3.05) is 0 Å². The van der Waals surface area contributed by atoms with Crippen molar-refractivity contribution in [3.63, 3.8) is 0 Å². The topological polar surface area (TPSA) is 66.0 Å². The number of allylic oxidation sites excluding steroid dienone is 1. The quantitative estimate of drug-likeness (QED) is 0.715. The highest BCUT2D eigenvalue weighted by Gasteiger charge is 2.32. The van der Waals surface area contributed by atoms with Crippen LogP contribution in [0.15, 0.2) is 42.5 Å². The Bertz CT molecular complexity index is 935. The number of aliphatic hydroxyl groups excluding tert-OH is 1. The van der Waals surface area contributed by atoms with Crippen LogP contribution in [-0.2, 0) is 0 Å². The van der Waals surface area contributed by atoms with E-state index < -0.39 is 0 Å². The first kappa shape index (κ1) is 11.9. The van der Waals surface area contributed by atoms with Crippen LogP contribution in [0.5, 0.6) is 0 Å². The van der Waals surface area contributed by atoms with E-state index in [-0.39, 0.29) is 17.1 Å². The predicted octanol–water partition coefficient (Wildman–Crippen LogP) is 3.49. The Kier molecular flexibility index (Phi) is 2.30. The summed E-state index contributed by atoms with van der Waals surface area (Å²) in [6, 6.07) is 12.9. The van der Waals surface area contributed by atoms with Gasteiger partial charge in [-0.3, -0.25) is 4.79 Å². The second kappa shape index (κ2) is 4.06. The Hall–Kier alpha value is -2.88. The number of nitrogens with zero attached hydrogens (tertiary/aromatic N) is 1. The third-order valence-corrected chi connectivity index (χ3v) is 3.76. The molecule has 1 aromatic heterocycles. The molecule has 3 aromatic rings. The summed E-state index contributed by atoms with van der Waals surface area (Å²) in [7, 11) is 0. The first-order chi connectivity index (χ1) is 10.1. The smallest absolute Gasteiger partial charge is 0.201 e. The zero-order valence-corrected chi connectivity index (χ0v) is 11.3. The van der Waals surface area contributed by atoms with Gasteiger partial charge in [0.2, 0.25) is 5.78 Å². The standard InChI is InChI=1S/C17H12N2O2/c1-9-6-7-12-13(8-9)19-17(18-12)14-15(20)10-4-2-3-5-11(10)16(14)21/h2-8,20H,1H3,(H,18,19). The van der Waals surface area contributed by atoms with E-state index in [9.17, 15) is 9.90 Å². The summed E-state index contributed by atoms with van der Waals surface area (Å²) in [6.45, 7) is 1.99. The van der Waals surface area contributed by atoms with Crippen LogP contribution in [0.25, 0.3) is 22.4 Å². The number of aliphatic hydroxyl groups is 1. The van der Waals surface area contributed by atoms with Gasteiger partial charge in [0.15, 0.2) is 0 Å². The normalized spacial score (nSPS) is 14.0. The number of Topliss-reactive ketones (excluding diaryl/α,β-unsaturated/α-hetero) is 1. The van der Waals surface area contributed by atoms with Crippen LogP contribution in [0.4, 0.5) is 0 Å². The Labute approximate surface area is 120 Å². The van der Waals surface area contributed by atoms with E-state index in [0.717, 1.165) is 16.6 Å². The summed E-state index contributed by atoms with van der Waals surface area (Å²) >= 11 is 0. The van der Waals surface area contributed by atoms with Crippen LogP contribution >= 0.6 is 0 Å². The maximum Gasteiger partial charge on any atom is 0.201 e. The van der Waals surface area contributed by atoms with Crippen molar-refractivity contribution in [2.24, 2.45) is 0 Å². The lowest BCUT2D eigenvalue weighted by atomic mass is 10.1. The van der Waals surface area contributed by atoms with Crippen LogP contribution in [0.1, 0.15) is 27.3 Å². The van der Waals surface area contributed by atoms with Crippen LogP contribution in [0.2, 0.25) is 0 Å². The van der Waals surface area contributed by atoms with Crippen LogP contribution in [-0.4, -0.2) is 20.9 Å². The molecular formula is C17H12N2O2. The summed E-state index contributed by atoms with van der Waals surface area (Å²) in [4.78, 5) is 20.0. The van der Waals surface area contributed by atoms with Gasteiger partial charge < -0.3 is 10.1 Å². The molecule has 1 heterocycles. The molecule has 4 heteroatoms. The van der Waals surface area contributed by atoms with E-state index >= 15 is 0 Å². The van der Waals surface area contributed by atoms with Crippen molar-refractivity contribution in [3.8, 4) is 0 Å². The number of nitrogens with one attached hydrogen (secondary N) is 1. The van der Waals surface area contributed by atoms with Gasteiger partial charge in [-0.1, -0.05) is 30.3 Å². The molecule has 0 saturated carbocycles. The minimum atomic E-state index is -0.195. The van der Waals surface area contributed by atoms with Gasteiger partial charge >= 0.3 is 0 Å². The number of rotatable bonds is 1. The van der Waals surface area contributed by atoms with E-state index in [0.29, 0.717) is 17.0 Å². The maximum atomic E-state index is 12.5. The Morgan fingerprint density at radius 2 is 1.86 bits per heavy atom. The van der Waals surface area contributed by atoms with Gasteiger partial charge in [-0.15, -0.1) is 0 Å². The average molecular weight is 276 g/mol. The van der Waals surface area contributed by atoms with E-state index in [1.807, 2.05) is 25.1 Å². The highest BCUT2D eigenvalue weighted by atomic mass is 16.3. The number of aromatic nitrogens is 2. The lowest BCUT2D eigenvalue weighted by Gasteiger charge is -1.96. The van der Waals surface area contributed by atoms with Gasteiger partial charge in [-0.2, -0.15) is 0 Å². The number of H-pyrrole nitrogens is 1. The molecule has 0 amide bonds. The number of aromatic amines is 1. The van der Waals surface area contributed by atoms with E-state index in [2.05, 4.69) is 9.97 Å². The van der Waals surface area contributed by atoms with Gasteiger partial charge in [-0.05, 0) is 24.6 Å². The molecule has 0 aliphatic heterocycles. The number of imidazole rings is 1. The summed E-state index contributed by atoms with van der Waals surface area (Å²) in [6.07, 6.45) is 0. The lowest BCUT2D eigenvalue weighted by molar-refractivity contribution is 0.105. The molecule has 0 radical (unpaired) electrons. The number of benzene rings is 2. The van der Waals surface area contributed by atoms with E-state index in [1.165, 1.54) is 0 Å². The summed E-state index contributed by atoms with van der Waals surface area (Å²) in [5.41, 5.74) is 4.06.